The number of amides is 2. The smallest absolute Gasteiger partial charge is 0.223 e. The second-order valence-electron chi connectivity index (χ2n) is 5.75. The van der Waals surface area contributed by atoms with Gasteiger partial charge in [0.1, 0.15) is 0 Å². The lowest BCUT2D eigenvalue weighted by atomic mass is 10.1. The third-order valence-corrected chi connectivity index (χ3v) is 3.40. The molecule has 0 aromatic carbocycles. The summed E-state index contributed by atoms with van der Waals surface area (Å²) in [5.74, 6) is 0.550. The molecule has 0 aliphatic rings. The molecule has 2 atom stereocenters. The molecule has 0 fully saturated rings. The number of hydrogen-bond acceptors (Lipinski definition) is 3. The number of nitrogens with one attached hydrogen (secondary N) is 2. The summed E-state index contributed by atoms with van der Waals surface area (Å²) in [6, 6.07) is 0. The third-order valence-electron chi connectivity index (χ3n) is 3.40. The molecule has 0 aromatic rings. The van der Waals surface area contributed by atoms with Crippen molar-refractivity contribution in [3.8, 4) is 0 Å². The highest BCUT2D eigenvalue weighted by Gasteiger charge is 2.08. The zero-order valence-electron chi connectivity index (χ0n) is 15.2. The second-order valence-corrected chi connectivity index (χ2v) is 5.75. The van der Waals surface area contributed by atoms with Crippen molar-refractivity contribution in [3.63, 3.8) is 0 Å². The topological polar surface area (TPSA) is 61.4 Å². The van der Waals surface area contributed by atoms with E-state index >= 15 is 0 Å². The van der Waals surface area contributed by atoms with E-state index in [1.165, 1.54) is 0 Å². The summed E-state index contributed by atoms with van der Waals surface area (Å²) >= 11 is 0. The fourth-order valence-electron chi connectivity index (χ4n) is 1.29. The van der Waals surface area contributed by atoms with Gasteiger partial charge in [0, 0.05) is 31.5 Å². The summed E-state index contributed by atoms with van der Waals surface area (Å²) in [4.78, 5) is 24.3. The molecule has 5 heteroatoms. The van der Waals surface area contributed by atoms with Crippen molar-refractivity contribution >= 4 is 11.8 Å². The van der Waals surface area contributed by atoms with Crippen LogP contribution in [0.2, 0.25) is 0 Å². The molecule has 2 unspecified atom stereocenters. The van der Waals surface area contributed by atoms with E-state index in [2.05, 4.69) is 22.1 Å². The van der Waals surface area contributed by atoms with Crippen LogP contribution in [0.15, 0.2) is 12.7 Å². The summed E-state index contributed by atoms with van der Waals surface area (Å²) in [6.07, 6.45) is 3.48. The lowest BCUT2D eigenvalue weighted by Gasteiger charge is -2.12. The largest absolute Gasteiger partial charge is 0.355 e. The number of rotatable bonds is 9. The maximum atomic E-state index is 11.2. The van der Waals surface area contributed by atoms with Crippen LogP contribution in [0.25, 0.3) is 0 Å². The molecule has 0 rings (SSSR count). The Balaban J connectivity index is 0. The first-order valence-electron chi connectivity index (χ1n) is 8.11. The molecule has 130 valence electrons. The Morgan fingerprint density at radius 2 is 1.50 bits per heavy atom. The average Bonchev–Trinajstić information content (AvgIpc) is 2.50. The molecule has 0 saturated heterocycles. The molecule has 0 saturated carbocycles. The van der Waals surface area contributed by atoms with Gasteiger partial charge in [-0.15, -0.1) is 6.58 Å². The van der Waals surface area contributed by atoms with Crippen molar-refractivity contribution in [1.29, 1.82) is 0 Å². The number of carbonyl (C=O) groups is 2. The number of carbonyl (C=O) groups excluding carboxylic acids is 2. The molecule has 0 aliphatic heterocycles. The molecule has 2 amide bonds. The van der Waals surface area contributed by atoms with Gasteiger partial charge in [0.15, 0.2) is 0 Å². The maximum Gasteiger partial charge on any atom is 0.223 e. The van der Waals surface area contributed by atoms with E-state index in [9.17, 15) is 9.59 Å². The molecule has 0 heterocycles. The lowest BCUT2D eigenvalue weighted by molar-refractivity contribution is -0.125. The monoisotopic (exact) mass is 313 g/mol. The van der Waals surface area contributed by atoms with Crippen LogP contribution < -0.4 is 10.6 Å². The van der Waals surface area contributed by atoms with Gasteiger partial charge in [0.2, 0.25) is 11.8 Å². The van der Waals surface area contributed by atoms with Crippen LogP contribution in [-0.2, 0) is 9.59 Å². The molecule has 22 heavy (non-hydrogen) atoms. The summed E-state index contributed by atoms with van der Waals surface area (Å²) in [7, 11) is 3.99. The molecule has 0 radical (unpaired) electrons. The first-order chi connectivity index (χ1) is 10.3. The summed E-state index contributed by atoms with van der Waals surface area (Å²) in [6.45, 7) is 13.6. The van der Waals surface area contributed by atoms with Crippen LogP contribution in [-0.4, -0.2) is 50.4 Å². The fraction of sp³-hybridized carbons (Fsp3) is 0.765. The van der Waals surface area contributed by atoms with Crippen LogP contribution in [0.1, 0.15) is 40.5 Å². The summed E-state index contributed by atoms with van der Waals surface area (Å²) in [5, 5.41) is 5.61. The van der Waals surface area contributed by atoms with Crippen LogP contribution >= 0.6 is 0 Å². The van der Waals surface area contributed by atoms with E-state index in [0.717, 1.165) is 25.9 Å². The van der Waals surface area contributed by atoms with Gasteiger partial charge in [-0.25, -0.2) is 0 Å². The molecule has 0 aliphatic carbocycles. The average molecular weight is 313 g/mol. The standard InChI is InChI=1S/C9H20N2O.C8H15NO/c1-5-8(2)9(12)10-6-7-11(3)4;1-4-6-9-8(10)7(3)5-2/h8H,5-7H2,1-4H3,(H,10,12);4,7H,1,5-6H2,2-3H3,(H,9,10). The molecule has 0 aromatic heterocycles. The van der Waals surface area contributed by atoms with Crippen molar-refractivity contribution in [2.24, 2.45) is 11.8 Å². The zero-order valence-corrected chi connectivity index (χ0v) is 15.2. The lowest BCUT2D eigenvalue weighted by Crippen LogP contribution is -2.34. The quantitative estimate of drug-likeness (QED) is 0.640. The minimum Gasteiger partial charge on any atom is -0.355 e. The van der Waals surface area contributed by atoms with Gasteiger partial charge in [-0.05, 0) is 26.9 Å². The van der Waals surface area contributed by atoms with Crippen molar-refractivity contribution in [2.75, 3.05) is 33.7 Å². The Morgan fingerprint density at radius 3 is 1.86 bits per heavy atom. The van der Waals surface area contributed by atoms with Crippen LogP contribution in [0.3, 0.4) is 0 Å². The minimum absolute atomic E-state index is 0.113. The zero-order chi connectivity index (χ0) is 17.5. The highest BCUT2D eigenvalue weighted by molar-refractivity contribution is 5.78. The molecular weight excluding hydrogens is 278 g/mol. The molecule has 2 N–H and O–H groups in total. The highest BCUT2D eigenvalue weighted by atomic mass is 16.2. The first-order valence-corrected chi connectivity index (χ1v) is 8.11. The van der Waals surface area contributed by atoms with E-state index in [1.54, 1.807) is 6.08 Å². The van der Waals surface area contributed by atoms with Crippen molar-refractivity contribution in [2.45, 2.75) is 40.5 Å². The third kappa shape index (κ3) is 13.6. The molecular formula is C17H35N3O2. The molecule has 0 bridgehead atoms. The minimum atomic E-state index is 0.113. The second kappa shape index (κ2) is 14.6. The van der Waals surface area contributed by atoms with E-state index in [1.807, 2.05) is 41.8 Å². The normalized spacial score (nSPS) is 12.7. The van der Waals surface area contributed by atoms with Crippen molar-refractivity contribution < 1.29 is 9.59 Å². The predicted molar refractivity (Wildman–Crippen MR) is 93.7 cm³/mol. The number of nitrogens with zero attached hydrogens (tertiary/aromatic N) is 1. The Labute approximate surface area is 136 Å². The van der Waals surface area contributed by atoms with Gasteiger partial charge in [-0.2, -0.15) is 0 Å². The Morgan fingerprint density at radius 1 is 1.05 bits per heavy atom. The van der Waals surface area contributed by atoms with Gasteiger partial charge < -0.3 is 15.5 Å². The summed E-state index contributed by atoms with van der Waals surface area (Å²) in [5.41, 5.74) is 0. The van der Waals surface area contributed by atoms with Gasteiger partial charge in [-0.3, -0.25) is 9.59 Å². The number of hydrogen-bond donors (Lipinski definition) is 2. The first kappa shape index (κ1) is 22.9. The van der Waals surface area contributed by atoms with E-state index in [4.69, 9.17) is 0 Å². The maximum absolute atomic E-state index is 11.2. The van der Waals surface area contributed by atoms with Crippen molar-refractivity contribution in [1.82, 2.24) is 15.5 Å². The van der Waals surface area contributed by atoms with E-state index in [0.29, 0.717) is 6.54 Å². The SMILES string of the molecule is C=CCNC(=O)C(C)CC.CCC(C)C(=O)NCCN(C)C. The highest BCUT2D eigenvalue weighted by Crippen LogP contribution is 1.99. The van der Waals surface area contributed by atoms with E-state index in [-0.39, 0.29) is 23.7 Å². The molecule has 0 spiro atoms. The molecule has 5 nitrogen and oxygen atoms in total. The van der Waals surface area contributed by atoms with Crippen LogP contribution in [0.5, 0.6) is 0 Å². The van der Waals surface area contributed by atoms with Gasteiger partial charge in [0.25, 0.3) is 0 Å². The van der Waals surface area contributed by atoms with Crippen LogP contribution in [0, 0.1) is 11.8 Å². The fourth-order valence-corrected chi connectivity index (χ4v) is 1.29. The van der Waals surface area contributed by atoms with Crippen molar-refractivity contribution in [3.05, 3.63) is 12.7 Å². The predicted octanol–water partition coefficient (Wildman–Crippen LogP) is 2.05. The Hall–Kier alpha value is -1.36. The number of likely N-dealkylation sites (N-methyl/N-ethyl adjacent to an activating group) is 1. The Kier molecular flexibility index (Phi) is 15.2. The van der Waals surface area contributed by atoms with Crippen LogP contribution in [0.4, 0.5) is 0 Å². The van der Waals surface area contributed by atoms with E-state index < -0.39 is 0 Å². The van der Waals surface area contributed by atoms with Gasteiger partial charge >= 0.3 is 0 Å². The summed E-state index contributed by atoms with van der Waals surface area (Å²) < 4.78 is 0. The van der Waals surface area contributed by atoms with Gasteiger partial charge in [-0.1, -0.05) is 33.8 Å². The van der Waals surface area contributed by atoms with Gasteiger partial charge in [0.05, 0.1) is 0 Å². The Bertz CT molecular complexity index is 317.